The highest BCUT2D eigenvalue weighted by atomic mass is 32.2. The summed E-state index contributed by atoms with van der Waals surface area (Å²) in [6.07, 6.45) is 0. The monoisotopic (exact) mass is 340 g/mol. The molecule has 23 heavy (non-hydrogen) atoms. The quantitative estimate of drug-likeness (QED) is 0.665. The van der Waals surface area contributed by atoms with Gasteiger partial charge in [0.1, 0.15) is 0 Å². The summed E-state index contributed by atoms with van der Waals surface area (Å²) in [4.78, 5) is 17.9. The number of nitrogens with one attached hydrogen (secondary N) is 1. The standard InChI is InChI=1S/C18H16N2OS2/c1-13-19-15(11-22-13)12-23-17-10-6-5-9-16(17)18(21)20-14-7-3-2-4-8-14/h2-11H,12H2,1H3,(H,20,21). The molecule has 0 unspecified atom stereocenters. The van der Waals surface area contributed by atoms with Crippen LogP contribution in [-0.2, 0) is 5.75 Å². The molecule has 0 bridgehead atoms. The molecule has 0 aliphatic rings. The fraction of sp³-hybridized carbons (Fsp3) is 0.111. The fourth-order valence-electron chi connectivity index (χ4n) is 2.13. The number of carbonyl (C=O) groups excluding carboxylic acids is 1. The van der Waals surface area contributed by atoms with E-state index in [0.29, 0.717) is 5.56 Å². The van der Waals surface area contributed by atoms with Gasteiger partial charge in [-0.05, 0) is 31.2 Å². The van der Waals surface area contributed by atoms with E-state index in [4.69, 9.17) is 0 Å². The van der Waals surface area contributed by atoms with Crippen molar-refractivity contribution in [3.05, 3.63) is 76.2 Å². The summed E-state index contributed by atoms with van der Waals surface area (Å²) < 4.78 is 0. The first-order valence-electron chi connectivity index (χ1n) is 7.21. The van der Waals surface area contributed by atoms with Crippen LogP contribution in [0.3, 0.4) is 0 Å². The highest BCUT2D eigenvalue weighted by molar-refractivity contribution is 7.98. The molecule has 0 radical (unpaired) electrons. The van der Waals surface area contributed by atoms with Crippen LogP contribution in [0.5, 0.6) is 0 Å². The molecule has 0 aliphatic heterocycles. The van der Waals surface area contributed by atoms with Gasteiger partial charge in [0.05, 0.1) is 16.3 Å². The smallest absolute Gasteiger partial charge is 0.256 e. The van der Waals surface area contributed by atoms with Crippen molar-refractivity contribution < 1.29 is 4.79 Å². The number of benzene rings is 2. The first kappa shape index (κ1) is 15.8. The van der Waals surface area contributed by atoms with Gasteiger partial charge in [0, 0.05) is 21.7 Å². The number of thiazole rings is 1. The van der Waals surface area contributed by atoms with Crippen LogP contribution >= 0.6 is 23.1 Å². The lowest BCUT2D eigenvalue weighted by Gasteiger charge is -2.09. The minimum atomic E-state index is -0.0891. The Bertz CT molecular complexity index is 800. The Morgan fingerprint density at radius 3 is 2.61 bits per heavy atom. The minimum absolute atomic E-state index is 0.0891. The second kappa shape index (κ2) is 7.44. The molecule has 0 saturated carbocycles. The molecule has 3 rings (SSSR count). The SMILES string of the molecule is Cc1nc(CSc2ccccc2C(=O)Nc2ccccc2)cs1. The van der Waals surface area contributed by atoms with E-state index in [1.807, 2.05) is 61.5 Å². The van der Waals surface area contributed by atoms with E-state index in [1.165, 1.54) is 0 Å². The maximum Gasteiger partial charge on any atom is 0.256 e. The van der Waals surface area contributed by atoms with Gasteiger partial charge in [-0.2, -0.15) is 0 Å². The van der Waals surface area contributed by atoms with Gasteiger partial charge in [0.15, 0.2) is 0 Å². The average Bonchev–Trinajstić information content (AvgIpc) is 2.99. The Labute approximate surface area is 143 Å². The molecule has 1 heterocycles. The number of anilines is 1. The lowest BCUT2D eigenvalue weighted by Crippen LogP contribution is -2.12. The van der Waals surface area contributed by atoms with Gasteiger partial charge in [-0.15, -0.1) is 23.1 Å². The number of hydrogen-bond donors (Lipinski definition) is 1. The van der Waals surface area contributed by atoms with Crippen LogP contribution in [0.15, 0.2) is 64.9 Å². The van der Waals surface area contributed by atoms with Crippen LogP contribution < -0.4 is 5.32 Å². The van der Waals surface area contributed by atoms with E-state index in [9.17, 15) is 4.79 Å². The summed E-state index contributed by atoms with van der Waals surface area (Å²) in [6, 6.07) is 17.2. The van der Waals surface area contributed by atoms with Crippen LogP contribution in [0.2, 0.25) is 0 Å². The van der Waals surface area contributed by atoms with Gasteiger partial charge in [-0.1, -0.05) is 30.3 Å². The molecule has 1 amide bonds. The zero-order chi connectivity index (χ0) is 16.1. The van der Waals surface area contributed by atoms with Crippen LogP contribution in [0.4, 0.5) is 5.69 Å². The van der Waals surface area contributed by atoms with Crippen molar-refractivity contribution in [2.75, 3.05) is 5.32 Å². The van der Waals surface area contributed by atoms with Crippen molar-refractivity contribution >= 4 is 34.7 Å². The molecular formula is C18H16N2OS2. The summed E-state index contributed by atoms with van der Waals surface area (Å²) in [5, 5.41) is 6.07. The normalized spacial score (nSPS) is 10.5. The highest BCUT2D eigenvalue weighted by Crippen LogP contribution is 2.27. The van der Waals surface area contributed by atoms with Crippen molar-refractivity contribution in [1.29, 1.82) is 0 Å². The molecule has 1 aromatic heterocycles. The number of nitrogens with zero attached hydrogens (tertiary/aromatic N) is 1. The van der Waals surface area contributed by atoms with Crippen molar-refractivity contribution in [3.8, 4) is 0 Å². The van der Waals surface area contributed by atoms with E-state index < -0.39 is 0 Å². The molecule has 1 N–H and O–H groups in total. The second-order valence-corrected chi connectivity index (χ2v) is 7.04. The van der Waals surface area contributed by atoms with E-state index in [1.54, 1.807) is 23.1 Å². The maximum atomic E-state index is 12.5. The number of para-hydroxylation sites is 1. The number of carbonyl (C=O) groups is 1. The zero-order valence-corrected chi connectivity index (χ0v) is 14.3. The third-order valence-electron chi connectivity index (χ3n) is 3.21. The Morgan fingerprint density at radius 1 is 1.13 bits per heavy atom. The van der Waals surface area contributed by atoms with Gasteiger partial charge in [0.25, 0.3) is 5.91 Å². The van der Waals surface area contributed by atoms with Gasteiger partial charge >= 0.3 is 0 Å². The van der Waals surface area contributed by atoms with Gasteiger partial charge in [0.2, 0.25) is 0 Å². The molecule has 2 aromatic carbocycles. The molecule has 0 fully saturated rings. The first-order chi connectivity index (χ1) is 11.2. The molecule has 3 nitrogen and oxygen atoms in total. The molecular weight excluding hydrogens is 324 g/mol. The molecule has 3 aromatic rings. The summed E-state index contributed by atoms with van der Waals surface area (Å²) in [6.45, 7) is 2.00. The summed E-state index contributed by atoms with van der Waals surface area (Å²) in [7, 11) is 0. The van der Waals surface area contributed by atoms with Crippen molar-refractivity contribution in [1.82, 2.24) is 4.98 Å². The lowest BCUT2D eigenvalue weighted by atomic mass is 10.2. The Kier molecular flexibility index (Phi) is 5.10. The van der Waals surface area contributed by atoms with Crippen molar-refractivity contribution in [3.63, 3.8) is 0 Å². The number of thioether (sulfide) groups is 1. The van der Waals surface area contributed by atoms with Gasteiger partial charge in [-0.25, -0.2) is 4.98 Å². The van der Waals surface area contributed by atoms with E-state index in [2.05, 4.69) is 15.7 Å². The van der Waals surface area contributed by atoms with Crippen LogP contribution in [0.25, 0.3) is 0 Å². The fourth-order valence-corrected chi connectivity index (χ4v) is 3.79. The van der Waals surface area contributed by atoms with Crippen molar-refractivity contribution in [2.45, 2.75) is 17.6 Å². The lowest BCUT2D eigenvalue weighted by molar-refractivity contribution is 0.102. The average molecular weight is 340 g/mol. The Hall–Kier alpha value is -2.11. The number of aromatic nitrogens is 1. The van der Waals surface area contributed by atoms with E-state index in [0.717, 1.165) is 27.0 Å². The van der Waals surface area contributed by atoms with Crippen LogP contribution in [0, 0.1) is 6.92 Å². The largest absolute Gasteiger partial charge is 0.322 e. The number of hydrogen-bond acceptors (Lipinski definition) is 4. The molecule has 116 valence electrons. The van der Waals surface area contributed by atoms with Gasteiger partial charge < -0.3 is 5.32 Å². The molecule has 0 aliphatic carbocycles. The molecule has 0 saturated heterocycles. The summed E-state index contributed by atoms with van der Waals surface area (Å²) >= 11 is 3.28. The minimum Gasteiger partial charge on any atom is -0.322 e. The maximum absolute atomic E-state index is 12.5. The van der Waals surface area contributed by atoms with E-state index >= 15 is 0 Å². The third-order valence-corrected chi connectivity index (χ3v) is 5.13. The summed E-state index contributed by atoms with van der Waals surface area (Å²) in [5.74, 6) is 0.675. The predicted molar refractivity (Wildman–Crippen MR) is 97.2 cm³/mol. The number of rotatable bonds is 5. The second-order valence-electron chi connectivity index (χ2n) is 4.96. The first-order valence-corrected chi connectivity index (χ1v) is 9.08. The zero-order valence-electron chi connectivity index (χ0n) is 12.7. The predicted octanol–water partition coefficient (Wildman–Crippen LogP) is 5.00. The number of aryl methyl sites for hydroxylation is 1. The molecule has 5 heteroatoms. The van der Waals surface area contributed by atoms with Crippen LogP contribution in [0.1, 0.15) is 21.1 Å². The highest BCUT2D eigenvalue weighted by Gasteiger charge is 2.12. The Balaban J connectivity index is 1.73. The van der Waals surface area contributed by atoms with Gasteiger partial charge in [-0.3, -0.25) is 4.79 Å². The van der Waals surface area contributed by atoms with Crippen molar-refractivity contribution in [2.24, 2.45) is 0 Å². The van der Waals surface area contributed by atoms with E-state index in [-0.39, 0.29) is 5.91 Å². The Morgan fingerprint density at radius 2 is 1.87 bits per heavy atom. The molecule has 0 spiro atoms. The molecule has 0 atom stereocenters. The number of amides is 1. The third kappa shape index (κ3) is 4.21. The summed E-state index contributed by atoms with van der Waals surface area (Å²) in [5.41, 5.74) is 2.54. The topological polar surface area (TPSA) is 42.0 Å². The van der Waals surface area contributed by atoms with Crippen LogP contribution in [-0.4, -0.2) is 10.9 Å².